The van der Waals surface area contributed by atoms with Crippen LogP contribution in [0.3, 0.4) is 0 Å². The summed E-state index contributed by atoms with van der Waals surface area (Å²) in [6, 6.07) is 8.41. The summed E-state index contributed by atoms with van der Waals surface area (Å²) in [5.74, 6) is 0.527. The van der Waals surface area contributed by atoms with Crippen molar-refractivity contribution in [2.75, 3.05) is 0 Å². The van der Waals surface area contributed by atoms with Gasteiger partial charge in [-0.2, -0.15) is 0 Å². The fourth-order valence-electron chi connectivity index (χ4n) is 2.14. The van der Waals surface area contributed by atoms with Crippen LogP contribution in [0.5, 0.6) is 0 Å². The van der Waals surface area contributed by atoms with Gasteiger partial charge >= 0.3 is 0 Å². The summed E-state index contributed by atoms with van der Waals surface area (Å²) in [6.07, 6.45) is 3.61. The first kappa shape index (κ1) is 9.04. The van der Waals surface area contributed by atoms with Gasteiger partial charge in [-0.3, -0.25) is 0 Å². The molecule has 1 aliphatic rings. The van der Waals surface area contributed by atoms with E-state index in [1.165, 1.54) is 18.4 Å². The van der Waals surface area contributed by atoms with E-state index in [0.717, 1.165) is 11.4 Å². The maximum atomic E-state index is 6.02. The van der Waals surface area contributed by atoms with Gasteiger partial charge in [0.05, 0.1) is 0 Å². The lowest BCUT2D eigenvalue weighted by Crippen LogP contribution is -2.22. The second-order valence-electron chi connectivity index (χ2n) is 3.76. The van der Waals surface area contributed by atoms with Crippen molar-refractivity contribution in [2.24, 2.45) is 5.73 Å². The Morgan fingerprint density at radius 3 is 2.77 bits per heavy atom. The summed E-state index contributed by atoms with van der Waals surface area (Å²) >= 11 is 5.93. The van der Waals surface area contributed by atoms with Crippen LogP contribution in [-0.2, 0) is 0 Å². The second-order valence-corrected chi connectivity index (χ2v) is 4.19. The Hall–Kier alpha value is -0.530. The van der Waals surface area contributed by atoms with E-state index in [2.05, 4.69) is 6.07 Å². The first-order valence-corrected chi connectivity index (χ1v) is 5.16. The van der Waals surface area contributed by atoms with E-state index in [9.17, 15) is 0 Å². The summed E-state index contributed by atoms with van der Waals surface area (Å²) in [7, 11) is 0. The molecule has 1 fully saturated rings. The molecule has 0 unspecified atom stereocenters. The van der Waals surface area contributed by atoms with Crippen molar-refractivity contribution in [1.29, 1.82) is 0 Å². The van der Waals surface area contributed by atoms with Crippen molar-refractivity contribution >= 4 is 11.6 Å². The van der Waals surface area contributed by atoms with Crippen molar-refractivity contribution < 1.29 is 0 Å². The molecule has 70 valence electrons. The van der Waals surface area contributed by atoms with Crippen LogP contribution in [0.2, 0.25) is 5.02 Å². The third-order valence-electron chi connectivity index (χ3n) is 2.85. The van der Waals surface area contributed by atoms with Crippen molar-refractivity contribution in [3.63, 3.8) is 0 Å². The Kier molecular flexibility index (Phi) is 2.56. The second kappa shape index (κ2) is 3.69. The molecule has 0 saturated heterocycles. The van der Waals surface area contributed by atoms with E-state index in [1.54, 1.807) is 0 Å². The zero-order chi connectivity index (χ0) is 9.26. The lowest BCUT2D eigenvalue weighted by molar-refractivity contribution is 0.613. The molecule has 1 saturated carbocycles. The maximum absolute atomic E-state index is 6.02. The Balaban J connectivity index is 2.24. The molecule has 13 heavy (non-hydrogen) atoms. The van der Waals surface area contributed by atoms with Crippen molar-refractivity contribution in [3.05, 3.63) is 34.9 Å². The van der Waals surface area contributed by atoms with Crippen LogP contribution in [0.15, 0.2) is 24.3 Å². The summed E-state index contributed by atoms with van der Waals surface area (Å²) < 4.78 is 0. The molecule has 1 aliphatic carbocycles. The van der Waals surface area contributed by atoms with E-state index >= 15 is 0 Å². The van der Waals surface area contributed by atoms with Crippen LogP contribution in [0.1, 0.15) is 30.7 Å². The number of halogens is 1. The van der Waals surface area contributed by atoms with Gasteiger partial charge in [0.2, 0.25) is 0 Å². The number of nitrogens with two attached hydrogens (primary N) is 1. The van der Waals surface area contributed by atoms with E-state index in [1.807, 2.05) is 18.2 Å². The quantitative estimate of drug-likeness (QED) is 0.733. The minimum atomic E-state index is 0.332. The van der Waals surface area contributed by atoms with Crippen molar-refractivity contribution in [2.45, 2.75) is 31.2 Å². The lowest BCUT2D eigenvalue weighted by Gasteiger charge is -2.15. The molecule has 0 heterocycles. The summed E-state index contributed by atoms with van der Waals surface area (Å²) in [6.45, 7) is 0. The SMILES string of the molecule is N[C@@H]1CCC[C@H]1c1cccc(Cl)c1. The highest BCUT2D eigenvalue weighted by Crippen LogP contribution is 2.33. The van der Waals surface area contributed by atoms with Crippen LogP contribution in [-0.4, -0.2) is 6.04 Å². The van der Waals surface area contributed by atoms with Crippen molar-refractivity contribution in [1.82, 2.24) is 0 Å². The number of hydrogen-bond donors (Lipinski definition) is 1. The van der Waals surface area contributed by atoms with E-state index < -0.39 is 0 Å². The minimum Gasteiger partial charge on any atom is -0.327 e. The standard InChI is InChI=1S/C11H14ClN/c12-9-4-1-3-8(7-9)10-5-2-6-11(10)13/h1,3-4,7,10-11H,2,5-6,13H2/t10-,11+/m0/s1. The first-order chi connectivity index (χ1) is 6.27. The molecular weight excluding hydrogens is 182 g/mol. The first-order valence-electron chi connectivity index (χ1n) is 4.78. The van der Waals surface area contributed by atoms with Gasteiger partial charge in [-0.05, 0) is 36.5 Å². The predicted molar refractivity (Wildman–Crippen MR) is 56.0 cm³/mol. The Morgan fingerprint density at radius 2 is 2.15 bits per heavy atom. The summed E-state index contributed by atoms with van der Waals surface area (Å²) in [5, 5.41) is 0.816. The normalized spacial score (nSPS) is 27.8. The fourth-order valence-corrected chi connectivity index (χ4v) is 2.34. The lowest BCUT2D eigenvalue weighted by atomic mass is 9.95. The highest BCUT2D eigenvalue weighted by Gasteiger charge is 2.25. The van der Waals surface area contributed by atoms with Crippen LogP contribution in [0, 0.1) is 0 Å². The van der Waals surface area contributed by atoms with Crippen LogP contribution >= 0.6 is 11.6 Å². The number of hydrogen-bond acceptors (Lipinski definition) is 1. The molecule has 1 nitrogen and oxygen atoms in total. The molecule has 2 N–H and O–H groups in total. The molecule has 2 heteroatoms. The van der Waals surface area contributed by atoms with E-state index in [4.69, 9.17) is 17.3 Å². The maximum Gasteiger partial charge on any atom is 0.0408 e. The van der Waals surface area contributed by atoms with Gasteiger partial charge in [-0.25, -0.2) is 0 Å². The van der Waals surface area contributed by atoms with Gasteiger partial charge < -0.3 is 5.73 Å². The third-order valence-corrected chi connectivity index (χ3v) is 3.08. The van der Waals surface area contributed by atoms with Gasteiger partial charge in [-0.1, -0.05) is 30.2 Å². The average molecular weight is 196 g/mol. The zero-order valence-corrected chi connectivity index (χ0v) is 8.30. The van der Waals surface area contributed by atoms with Crippen LogP contribution < -0.4 is 5.73 Å². The van der Waals surface area contributed by atoms with Gasteiger partial charge in [0.15, 0.2) is 0 Å². The molecular formula is C11H14ClN. The van der Waals surface area contributed by atoms with E-state index in [0.29, 0.717) is 12.0 Å². The molecule has 0 spiro atoms. The van der Waals surface area contributed by atoms with E-state index in [-0.39, 0.29) is 0 Å². The molecule has 0 aliphatic heterocycles. The topological polar surface area (TPSA) is 26.0 Å². The minimum absolute atomic E-state index is 0.332. The molecule has 2 atom stereocenters. The summed E-state index contributed by atoms with van der Waals surface area (Å²) in [4.78, 5) is 0. The molecule has 1 aromatic rings. The number of benzene rings is 1. The monoisotopic (exact) mass is 195 g/mol. The predicted octanol–water partition coefficient (Wildman–Crippen LogP) is 2.93. The van der Waals surface area contributed by atoms with Gasteiger partial charge in [-0.15, -0.1) is 0 Å². The van der Waals surface area contributed by atoms with Gasteiger partial charge in [0.25, 0.3) is 0 Å². The molecule has 0 radical (unpaired) electrons. The Bertz CT molecular complexity index is 298. The Labute approximate surface area is 83.9 Å². The zero-order valence-electron chi connectivity index (χ0n) is 7.54. The fraction of sp³-hybridized carbons (Fsp3) is 0.455. The van der Waals surface area contributed by atoms with Crippen LogP contribution in [0.25, 0.3) is 0 Å². The largest absolute Gasteiger partial charge is 0.327 e. The third kappa shape index (κ3) is 1.87. The highest BCUT2D eigenvalue weighted by atomic mass is 35.5. The Morgan fingerprint density at radius 1 is 1.31 bits per heavy atom. The molecule has 0 aromatic heterocycles. The highest BCUT2D eigenvalue weighted by molar-refractivity contribution is 6.30. The van der Waals surface area contributed by atoms with Crippen molar-refractivity contribution in [3.8, 4) is 0 Å². The number of rotatable bonds is 1. The summed E-state index contributed by atoms with van der Waals surface area (Å²) in [5.41, 5.74) is 7.32. The molecule has 0 bridgehead atoms. The average Bonchev–Trinajstić information content (AvgIpc) is 2.51. The molecule has 0 amide bonds. The smallest absolute Gasteiger partial charge is 0.0408 e. The van der Waals surface area contributed by atoms with Crippen LogP contribution in [0.4, 0.5) is 0 Å². The molecule has 1 aromatic carbocycles. The van der Waals surface area contributed by atoms with Gasteiger partial charge in [0, 0.05) is 11.1 Å². The van der Waals surface area contributed by atoms with Gasteiger partial charge in [0.1, 0.15) is 0 Å². The molecule has 2 rings (SSSR count).